The van der Waals surface area contributed by atoms with E-state index in [1.165, 1.54) is 0 Å². The van der Waals surface area contributed by atoms with Gasteiger partial charge in [0.05, 0.1) is 19.6 Å². The van der Waals surface area contributed by atoms with Gasteiger partial charge in [-0.2, -0.15) is 13.2 Å². The Bertz CT molecular complexity index is 176. The molecule has 2 nitrogen and oxygen atoms in total. The lowest BCUT2D eigenvalue weighted by atomic mass is 9.97. The number of ketones is 1. The molecule has 1 atom stereocenters. The molecule has 0 bridgehead atoms. The fraction of sp³-hybridized carbons (Fsp3) is 0.857. The maximum atomic E-state index is 11.8. The Labute approximate surface area is 67.7 Å². The standard InChI is InChI=1S/C7H9F3O2/c8-7(9,10)3-5-4-12-2-1-6(5)11/h5H,1-4H2. The molecule has 1 aliphatic rings. The fourth-order valence-electron chi connectivity index (χ4n) is 1.15. The Hall–Kier alpha value is -0.580. The molecule has 1 rings (SSSR count). The molecule has 0 aromatic carbocycles. The first-order valence-corrected chi connectivity index (χ1v) is 3.66. The van der Waals surface area contributed by atoms with E-state index in [4.69, 9.17) is 4.74 Å². The van der Waals surface area contributed by atoms with Crippen LogP contribution in [0.2, 0.25) is 0 Å². The zero-order valence-electron chi connectivity index (χ0n) is 6.36. The first-order valence-electron chi connectivity index (χ1n) is 3.66. The first-order chi connectivity index (χ1) is 5.49. The van der Waals surface area contributed by atoms with E-state index in [-0.39, 0.29) is 25.4 Å². The third-order valence-electron chi connectivity index (χ3n) is 1.75. The lowest BCUT2D eigenvalue weighted by Crippen LogP contribution is -2.31. The topological polar surface area (TPSA) is 26.3 Å². The zero-order valence-corrected chi connectivity index (χ0v) is 6.36. The Kier molecular flexibility index (Phi) is 2.72. The van der Waals surface area contributed by atoms with Crippen LogP contribution >= 0.6 is 0 Å². The Morgan fingerprint density at radius 3 is 2.67 bits per heavy atom. The number of hydrogen-bond donors (Lipinski definition) is 0. The minimum atomic E-state index is -4.26. The molecule has 0 aromatic heterocycles. The molecule has 0 aliphatic carbocycles. The summed E-state index contributed by atoms with van der Waals surface area (Å²) in [5.41, 5.74) is 0. The van der Waals surface area contributed by atoms with Gasteiger partial charge in [0.15, 0.2) is 0 Å². The van der Waals surface area contributed by atoms with E-state index in [2.05, 4.69) is 0 Å². The summed E-state index contributed by atoms with van der Waals surface area (Å²) in [6.45, 7) is 0.172. The van der Waals surface area contributed by atoms with Crippen molar-refractivity contribution in [2.45, 2.75) is 19.0 Å². The van der Waals surface area contributed by atoms with Gasteiger partial charge in [-0.15, -0.1) is 0 Å². The molecule has 5 heteroatoms. The van der Waals surface area contributed by atoms with Gasteiger partial charge in [0, 0.05) is 12.3 Å². The molecule has 1 fully saturated rings. The molecule has 0 aromatic rings. The second-order valence-electron chi connectivity index (χ2n) is 2.81. The number of carbonyl (C=O) groups excluding carboxylic acids is 1. The summed E-state index contributed by atoms with van der Waals surface area (Å²) in [7, 11) is 0. The van der Waals surface area contributed by atoms with Gasteiger partial charge in [0.2, 0.25) is 0 Å². The van der Waals surface area contributed by atoms with Crippen molar-refractivity contribution in [1.82, 2.24) is 0 Å². The molecule has 1 saturated heterocycles. The molecule has 1 heterocycles. The molecule has 70 valence electrons. The van der Waals surface area contributed by atoms with E-state index >= 15 is 0 Å². The van der Waals surface area contributed by atoms with Gasteiger partial charge in [-0.25, -0.2) is 0 Å². The van der Waals surface area contributed by atoms with Crippen molar-refractivity contribution in [3.63, 3.8) is 0 Å². The SMILES string of the molecule is O=C1CCOCC1CC(F)(F)F. The molecule has 0 radical (unpaired) electrons. The fourth-order valence-corrected chi connectivity index (χ4v) is 1.15. The van der Waals surface area contributed by atoms with Gasteiger partial charge in [0.1, 0.15) is 5.78 Å². The minimum absolute atomic E-state index is 0.0850. The summed E-state index contributed by atoms with van der Waals surface area (Å²) < 4.78 is 40.2. The summed E-state index contributed by atoms with van der Waals surface area (Å²) in [6, 6.07) is 0. The summed E-state index contributed by atoms with van der Waals surface area (Å²) in [4.78, 5) is 10.9. The van der Waals surface area contributed by atoms with Crippen LogP contribution in [0.5, 0.6) is 0 Å². The van der Waals surface area contributed by atoms with Crippen LogP contribution in [0, 0.1) is 5.92 Å². The lowest BCUT2D eigenvalue weighted by Gasteiger charge is -2.21. The summed E-state index contributed by atoms with van der Waals surface area (Å²) in [6.07, 6.45) is -5.20. The predicted octanol–water partition coefficient (Wildman–Crippen LogP) is 1.54. The van der Waals surface area contributed by atoms with Crippen LogP contribution in [0.4, 0.5) is 13.2 Å². The molecular formula is C7H9F3O2. The third kappa shape index (κ3) is 2.81. The summed E-state index contributed by atoms with van der Waals surface area (Å²) >= 11 is 0. The van der Waals surface area contributed by atoms with Crippen molar-refractivity contribution in [1.29, 1.82) is 0 Å². The van der Waals surface area contributed by atoms with Gasteiger partial charge in [-0.1, -0.05) is 0 Å². The highest BCUT2D eigenvalue weighted by atomic mass is 19.4. The van der Waals surface area contributed by atoms with E-state index in [1.54, 1.807) is 0 Å². The molecule has 12 heavy (non-hydrogen) atoms. The predicted molar refractivity (Wildman–Crippen MR) is 34.6 cm³/mol. The van der Waals surface area contributed by atoms with Crippen LogP contribution in [0.3, 0.4) is 0 Å². The van der Waals surface area contributed by atoms with Gasteiger partial charge >= 0.3 is 6.18 Å². The van der Waals surface area contributed by atoms with E-state index in [0.29, 0.717) is 0 Å². The number of carbonyl (C=O) groups is 1. The van der Waals surface area contributed by atoms with Crippen LogP contribution in [-0.4, -0.2) is 25.2 Å². The lowest BCUT2D eigenvalue weighted by molar-refractivity contribution is -0.162. The summed E-state index contributed by atoms with van der Waals surface area (Å²) in [5.74, 6) is -1.31. The van der Waals surface area contributed by atoms with Crippen molar-refractivity contribution < 1.29 is 22.7 Å². The van der Waals surface area contributed by atoms with Gasteiger partial charge in [-0.05, 0) is 0 Å². The van der Waals surface area contributed by atoms with Crippen LogP contribution in [0.25, 0.3) is 0 Å². The Balaban J connectivity index is 2.45. The van der Waals surface area contributed by atoms with Crippen molar-refractivity contribution in [3.8, 4) is 0 Å². The highest BCUT2D eigenvalue weighted by molar-refractivity contribution is 5.81. The second kappa shape index (κ2) is 3.43. The first kappa shape index (κ1) is 9.51. The van der Waals surface area contributed by atoms with Gasteiger partial charge in [0.25, 0.3) is 0 Å². The number of hydrogen-bond acceptors (Lipinski definition) is 2. The maximum Gasteiger partial charge on any atom is 0.389 e. The average Bonchev–Trinajstić information content (AvgIpc) is 1.91. The smallest absolute Gasteiger partial charge is 0.380 e. The van der Waals surface area contributed by atoms with Crippen LogP contribution in [-0.2, 0) is 9.53 Å². The average molecular weight is 182 g/mol. The van der Waals surface area contributed by atoms with Gasteiger partial charge in [-0.3, -0.25) is 4.79 Å². The monoisotopic (exact) mass is 182 g/mol. The van der Waals surface area contributed by atoms with Gasteiger partial charge < -0.3 is 4.74 Å². The van der Waals surface area contributed by atoms with Crippen molar-refractivity contribution in [2.24, 2.45) is 5.92 Å². The van der Waals surface area contributed by atoms with Crippen LogP contribution in [0.1, 0.15) is 12.8 Å². The number of ether oxygens (including phenoxy) is 1. The normalized spacial score (nSPS) is 25.9. The molecular weight excluding hydrogens is 173 g/mol. The molecule has 0 N–H and O–H groups in total. The highest BCUT2D eigenvalue weighted by Crippen LogP contribution is 2.27. The van der Waals surface area contributed by atoms with Crippen molar-refractivity contribution >= 4 is 5.78 Å². The second-order valence-corrected chi connectivity index (χ2v) is 2.81. The number of rotatable bonds is 1. The quantitative estimate of drug-likeness (QED) is 0.614. The number of Topliss-reactive ketones (excluding diaryl/α,β-unsaturated/α-hetero) is 1. The van der Waals surface area contributed by atoms with E-state index in [1.807, 2.05) is 0 Å². The third-order valence-corrected chi connectivity index (χ3v) is 1.75. The van der Waals surface area contributed by atoms with Crippen molar-refractivity contribution in [3.05, 3.63) is 0 Å². The van der Waals surface area contributed by atoms with E-state index < -0.39 is 18.5 Å². The van der Waals surface area contributed by atoms with Crippen LogP contribution < -0.4 is 0 Å². The molecule has 1 aliphatic heterocycles. The number of halogens is 3. The minimum Gasteiger partial charge on any atom is -0.380 e. The zero-order chi connectivity index (χ0) is 9.19. The van der Waals surface area contributed by atoms with Crippen molar-refractivity contribution in [2.75, 3.05) is 13.2 Å². The number of alkyl halides is 3. The van der Waals surface area contributed by atoms with Crippen LogP contribution in [0.15, 0.2) is 0 Å². The highest BCUT2D eigenvalue weighted by Gasteiger charge is 2.36. The van der Waals surface area contributed by atoms with E-state index in [9.17, 15) is 18.0 Å². The maximum absolute atomic E-state index is 11.8. The molecule has 1 unspecified atom stereocenters. The molecule has 0 spiro atoms. The summed E-state index contributed by atoms with van der Waals surface area (Å²) in [5, 5.41) is 0. The molecule has 0 saturated carbocycles. The largest absolute Gasteiger partial charge is 0.389 e. The van der Waals surface area contributed by atoms with E-state index in [0.717, 1.165) is 0 Å². The Morgan fingerprint density at radius 2 is 2.17 bits per heavy atom. The Morgan fingerprint density at radius 1 is 1.50 bits per heavy atom. The molecule has 0 amide bonds.